The number of hydrogen-bond acceptors (Lipinski definition) is 4. The Labute approximate surface area is 123 Å². The lowest BCUT2D eigenvalue weighted by molar-refractivity contribution is 0.101. The van der Waals surface area contributed by atoms with Gasteiger partial charge in [-0.1, -0.05) is 25.5 Å². The van der Waals surface area contributed by atoms with Crippen LogP contribution in [0.4, 0.5) is 0 Å². The monoisotopic (exact) mass is 286 g/mol. The van der Waals surface area contributed by atoms with Crippen molar-refractivity contribution in [3.8, 4) is 17.0 Å². The Hall–Kier alpha value is -2.43. The molecule has 1 heterocycles. The highest BCUT2D eigenvalue weighted by Crippen LogP contribution is 2.22. The predicted octanol–water partition coefficient (Wildman–Crippen LogP) is 2.82. The number of benzene rings is 1. The first-order chi connectivity index (χ1) is 10.1. The zero-order valence-electron chi connectivity index (χ0n) is 12.2. The number of H-pyrrole nitrogens is 1. The summed E-state index contributed by atoms with van der Waals surface area (Å²) in [5, 5.41) is 6.34. The lowest BCUT2D eigenvalue weighted by Gasteiger charge is -2.07. The molecule has 0 unspecified atom stereocenters. The van der Waals surface area contributed by atoms with Crippen LogP contribution in [0.2, 0.25) is 0 Å². The van der Waals surface area contributed by atoms with E-state index >= 15 is 0 Å². The van der Waals surface area contributed by atoms with Gasteiger partial charge in [-0.15, -0.1) is 0 Å². The molecule has 1 aromatic carbocycles. The molecule has 0 saturated carbocycles. The Kier molecular flexibility index (Phi) is 4.87. The van der Waals surface area contributed by atoms with Crippen LogP contribution >= 0.6 is 0 Å². The second-order valence-electron chi connectivity index (χ2n) is 4.78. The van der Waals surface area contributed by atoms with Crippen LogP contribution in [0.3, 0.4) is 0 Å². The summed E-state index contributed by atoms with van der Waals surface area (Å²) in [5.74, 6) is 0.466. The van der Waals surface area contributed by atoms with E-state index in [4.69, 9.17) is 4.74 Å². The summed E-state index contributed by atoms with van der Waals surface area (Å²) in [7, 11) is 0. The summed E-state index contributed by atoms with van der Waals surface area (Å²) in [6, 6.07) is 8.94. The average Bonchev–Trinajstić information content (AvgIpc) is 2.48. The Balaban J connectivity index is 2.29. The standard InChI is InChI=1S/C16H18N2O3/c1-3-4-8-21-13-7-5-6-12(9-13)15-10-14(11(2)19)16(20)18-17-15/h5-7,9-10H,3-4,8H2,1-2H3,(H,18,20). The molecule has 0 fully saturated rings. The topological polar surface area (TPSA) is 72.1 Å². The first-order valence-corrected chi connectivity index (χ1v) is 6.95. The van der Waals surface area contributed by atoms with Gasteiger partial charge in [-0.3, -0.25) is 9.59 Å². The summed E-state index contributed by atoms with van der Waals surface area (Å²) < 4.78 is 5.64. The third kappa shape index (κ3) is 3.78. The van der Waals surface area contributed by atoms with Crippen LogP contribution in [0.5, 0.6) is 5.75 Å². The number of ether oxygens (including phenoxy) is 1. The van der Waals surface area contributed by atoms with E-state index in [1.165, 1.54) is 13.0 Å². The second-order valence-corrected chi connectivity index (χ2v) is 4.78. The van der Waals surface area contributed by atoms with Crippen LogP contribution in [0, 0.1) is 0 Å². The molecule has 2 rings (SSSR count). The molecule has 0 saturated heterocycles. The fourth-order valence-corrected chi connectivity index (χ4v) is 1.89. The van der Waals surface area contributed by atoms with Gasteiger partial charge in [-0.2, -0.15) is 5.10 Å². The summed E-state index contributed by atoms with van der Waals surface area (Å²) in [4.78, 5) is 22.9. The molecule has 0 amide bonds. The smallest absolute Gasteiger partial charge is 0.275 e. The first kappa shape index (κ1) is 15.0. The number of nitrogens with zero attached hydrogens (tertiary/aromatic N) is 1. The molecule has 21 heavy (non-hydrogen) atoms. The normalized spacial score (nSPS) is 10.4. The molecule has 2 aromatic rings. The van der Waals surface area contributed by atoms with Crippen molar-refractivity contribution >= 4 is 5.78 Å². The third-order valence-electron chi connectivity index (χ3n) is 3.08. The zero-order valence-corrected chi connectivity index (χ0v) is 12.2. The number of aromatic amines is 1. The molecule has 1 aromatic heterocycles. The Morgan fingerprint density at radius 3 is 2.86 bits per heavy atom. The van der Waals surface area contributed by atoms with Crippen molar-refractivity contribution in [2.75, 3.05) is 6.61 Å². The fraction of sp³-hybridized carbons (Fsp3) is 0.312. The number of rotatable bonds is 6. The van der Waals surface area contributed by atoms with Crippen molar-refractivity contribution in [3.05, 3.63) is 46.2 Å². The summed E-state index contributed by atoms with van der Waals surface area (Å²) >= 11 is 0. The maximum absolute atomic E-state index is 11.5. The molecule has 0 bridgehead atoms. The van der Waals surface area contributed by atoms with Gasteiger partial charge >= 0.3 is 0 Å². The minimum absolute atomic E-state index is 0.109. The van der Waals surface area contributed by atoms with E-state index in [1.807, 2.05) is 24.3 Å². The number of unbranched alkanes of at least 4 members (excludes halogenated alkanes) is 1. The second kappa shape index (κ2) is 6.83. The maximum Gasteiger partial charge on any atom is 0.275 e. The number of Topliss-reactive ketones (excluding diaryl/α,β-unsaturated/α-hetero) is 1. The Morgan fingerprint density at radius 1 is 1.33 bits per heavy atom. The van der Waals surface area contributed by atoms with E-state index in [0.717, 1.165) is 24.2 Å². The molecule has 110 valence electrons. The zero-order chi connectivity index (χ0) is 15.2. The maximum atomic E-state index is 11.5. The van der Waals surface area contributed by atoms with E-state index in [1.54, 1.807) is 0 Å². The Morgan fingerprint density at radius 2 is 2.14 bits per heavy atom. The van der Waals surface area contributed by atoms with Gasteiger partial charge in [0.05, 0.1) is 17.9 Å². The van der Waals surface area contributed by atoms with Gasteiger partial charge in [-0.05, 0) is 31.5 Å². The van der Waals surface area contributed by atoms with Gasteiger partial charge in [0.1, 0.15) is 5.75 Å². The van der Waals surface area contributed by atoms with Crippen molar-refractivity contribution < 1.29 is 9.53 Å². The van der Waals surface area contributed by atoms with Crippen LogP contribution in [0.25, 0.3) is 11.3 Å². The van der Waals surface area contributed by atoms with Crippen LogP contribution in [-0.4, -0.2) is 22.6 Å². The van der Waals surface area contributed by atoms with Crippen LogP contribution in [-0.2, 0) is 0 Å². The minimum atomic E-state index is -0.471. The average molecular weight is 286 g/mol. The lowest BCUT2D eigenvalue weighted by atomic mass is 10.1. The number of carbonyl (C=O) groups is 1. The molecule has 1 N–H and O–H groups in total. The van der Waals surface area contributed by atoms with Crippen molar-refractivity contribution in [2.24, 2.45) is 0 Å². The van der Waals surface area contributed by atoms with Crippen LogP contribution < -0.4 is 10.3 Å². The predicted molar refractivity (Wildman–Crippen MR) is 80.7 cm³/mol. The van der Waals surface area contributed by atoms with Gasteiger partial charge < -0.3 is 4.74 Å². The van der Waals surface area contributed by atoms with Crippen molar-refractivity contribution in [3.63, 3.8) is 0 Å². The van der Waals surface area contributed by atoms with Gasteiger partial charge in [0, 0.05) is 5.56 Å². The molecule has 0 spiro atoms. The first-order valence-electron chi connectivity index (χ1n) is 6.95. The van der Waals surface area contributed by atoms with E-state index in [9.17, 15) is 9.59 Å². The molecular weight excluding hydrogens is 268 g/mol. The lowest BCUT2D eigenvalue weighted by Crippen LogP contribution is -2.17. The SMILES string of the molecule is CCCCOc1cccc(-c2cc(C(C)=O)c(=O)[nH]n2)c1. The van der Waals surface area contributed by atoms with Crippen molar-refractivity contribution in [1.82, 2.24) is 10.2 Å². The van der Waals surface area contributed by atoms with Crippen LogP contribution in [0.1, 0.15) is 37.0 Å². The van der Waals surface area contributed by atoms with E-state index < -0.39 is 5.56 Å². The van der Waals surface area contributed by atoms with Gasteiger partial charge in [-0.25, -0.2) is 5.10 Å². The van der Waals surface area contributed by atoms with E-state index in [2.05, 4.69) is 17.1 Å². The fourth-order valence-electron chi connectivity index (χ4n) is 1.89. The quantitative estimate of drug-likeness (QED) is 0.654. The third-order valence-corrected chi connectivity index (χ3v) is 3.08. The molecule has 0 atom stereocenters. The molecule has 0 radical (unpaired) electrons. The summed E-state index contributed by atoms with van der Waals surface area (Å²) in [6.45, 7) is 4.13. The van der Waals surface area contributed by atoms with Crippen LogP contribution in [0.15, 0.2) is 35.1 Å². The molecule has 0 aliphatic carbocycles. The number of aromatic nitrogens is 2. The highest BCUT2D eigenvalue weighted by Gasteiger charge is 2.09. The van der Waals surface area contributed by atoms with Gasteiger partial charge in [0.15, 0.2) is 5.78 Å². The number of hydrogen-bond donors (Lipinski definition) is 1. The largest absolute Gasteiger partial charge is 0.494 e. The molecular formula is C16H18N2O3. The highest BCUT2D eigenvalue weighted by atomic mass is 16.5. The van der Waals surface area contributed by atoms with Gasteiger partial charge in [0.25, 0.3) is 5.56 Å². The summed E-state index contributed by atoms with van der Waals surface area (Å²) in [6.07, 6.45) is 2.07. The van der Waals surface area contributed by atoms with E-state index in [-0.39, 0.29) is 11.3 Å². The van der Waals surface area contributed by atoms with Crippen molar-refractivity contribution in [2.45, 2.75) is 26.7 Å². The van der Waals surface area contributed by atoms with E-state index in [0.29, 0.717) is 12.3 Å². The highest BCUT2D eigenvalue weighted by molar-refractivity contribution is 5.94. The number of carbonyl (C=O) groups excluding carboxylic acids is 1. The minimum Gasteiger partial charge on any atom is -0.494 e. The molecule has 5 heteroatoms. The molecule has 0 aliphatic heterocycles. The molecule has 5 nitrogen and oxygen atoms in total. The van der Waals surface area contributed by atoms with Gasteiger partial charge in [0.2, 0.25) is 0 Å². The van der Waals surface area contributed by atoms with Crippen molar-refractivity contribution in [1.29, 1.82) is 0 Å². The number of ketones is 1. The summed E-state index contributed by atoms with van der Waals surface area (Å²) in [5.41, 5.74) is 0.974. The number of nitrogens with one attached hydrogen (secondary N) is 1. The Bertz CT molecular complexity index is 692. The molecule has 0 aliphatic rings.